The predicted molar refractivity (Wildman–Crippen MR) is 56.8 cm³/mol. The van der Waals surface area contributed by atoms with E-state index in [2.05, 4.69) is 25.4 Å². The van der Waals surface area contributed by atoms with E-state index in [1.54, 1.807) is 0 Å². The monoisotopic (exact) mass is 290 g/mol. The van der Waals surface area contributed by atoms with Gasteiger partial charge in [0.2, 0.25) is 0 Å². The highest BCUT2D eigenvalue weighted by Gasteiger charge is 2.23. The molecule has 0 aromatic heterocycles. The van der Waals surface area contributed by atoms with Crippen molar-refractivity contribution >= 4 is 27.9 Å². The van der Waals surface area contributed by atoms with E-state index in [0.717, 1.165) is 20.3 Å². The molecule has 0 bridgehead atoms. The van der Waals surface area contributed by atoms with Crippen LogP contribution in [0.5, 0.6) is 0 Å². The standard InChI is InChI=1S/C10H8BrFO4/c1-15-9(13)6-3-5(11)4-7(12)8(6)10(14)16-2/h3-4H,1-2H3. The molecule has 1 aromatic rings. The van der Waals surface area contributed by atoms with Gasteiger partial charge in [-0.2, -0.15) is 0 Å². The Labute approximate surface area is 99.5 Å². The molecule has 0 atom stereocenters. The lowest BCUT2D eigenvalue weighted by molar-refractivity contribution is 0.0550. The lowest BCUT2D eigenvalue weighted by Crippen LogP contribution is -2.14. The van der Waals surface area contributed by atoms with Gasteiger partial charge in [-0.15, -0.1) is 0 Å². The summed E-state index contributed by atoms with van der Waals surface area (Å²) in [7, 11) is 2.24. The SMILES string of the molecule is COC(=O)c1cc(Br)cc(F)c1C(=O)OC. The van der Waals surface area contributed by atoms with Crippen LogP contribution >= 0.6 is 15.9 Å². The lowest BCUT2D eigenvalue weighted by Gasteiger charge is -2.07. The minimum Gasteiger partial charge on any atom is -0.465 e. The highest BCUT2D eigenvalue weighted by molar-refractivity contribution is 9.10. The van der Waals surface area contributed by atoms with Gasteiger partial charge in [0.15, 0.2) is 0 Å². The molecular formula is C10H8BrFO4. The molecule has 0 saturated heterocycles. The first-order valence-corrected chi connectivity index (χ1v) is 4.96. The summed E-state index contributed by atoms with van der Waals surface area (Å²) in [5.74, 6) is -2.58. The number of benzene rings is 1. The molecule has 1 aromatic carbocycles. The number of methoxy groups -OCH3 is 2. The number of hydrogen-bond acceptors (Lipinski definition) is 4. The fraction of sp³-hybridized carbons (Fsp3) is 0.200. The first-order chi connectivity index (χ1) is 7.51. The fourth-order valence-electron chi connectivity index (χ4n) is 1.15. The Bertz CT molecular complexity index is 445. The topological polar surface area (TPSA) is 52.6 Å². The zero-order valence-corrected chi connectivity index (χ0v) is 10.1. The van der Waals surface area contributed by atoms with E-state index in [1.165, 1.54) is 6.07 Å². The van der Waals surface area contributed by atoms with Gasteiger partial charge in [0.1, 0.15) is 11.4 Å². The summed E-state index contributed by atoms with van der Waals surface area (Å²) in [6.07, 6.45) is 0. The van der Waals surface area contributed by atoms with Crippen molar-refractivity contribution in [2.75, 3.05) is 14.2 Å². The molecule has 0 aliphatic carbocycles. The molecule has 0 heterocycles. The molecule has 86 valence electrons. The number of rotatable bonds is 2. The summed E-state index contributed by atoms with van der Waals surface area (Å²) >= 11 is 3.02. The molecule has 0 radical (unpaired) electrons. The lowest BCUT2D eigenvalue weighted by atomic mass is 10.1. The van der Waals surface area contributed by atoms with Gasteiger partial charge in [0.05, 0.1) is 19.8 Å². The maximum absolute atomic E-state index is 13.5. The third-order valence-electron chi connectivity index (χ3n) is 1.85. The first kappa shape index (κ1) is 12.6. The molecule has 0 unspecified atom stereocenters. The van der Waals surface area contributed by atoms with Crippen molar-refractivity contribution in [3.05, 3.63) is 33.5 Å². The molecule has 0 aliphatic rings. The van der Waals surface area contributed by atoms with Gasteiger partial charge in [-0.1, -0.05) is 15.9 Å². The summed E-state index contributed by atoms with van der Waals surface area (Å²) in [5.41, 5.74) is -0.612. The van der Waals surface area contributed by atoms with E-state index >= 15 is 0 Å². The van der Waals surface area contributed by atoms with E-state index in [0.29, 0.717) is 4.47 Å². The number of carbonyl (C=O) groups is 2. The second kappa shape index (κ2) is 5.07. The molecule has 0 N–H and O–H groups in total. The Morgan fingerprint density at radius 1 is 1.19 bits per heavy atom. The van der Waals surface area contributed by atoms with Crippen LogP contribution in [-0.2, 0) is 9.47 Å². The van der Waals surface area contributed by atoms with Gasteiger partial charge in [-0.25, -0.2) is 14.0 Å². The normalized spacial score (nSPS) is 9.75. The third kappa shape index (κ3) is 2.38. The molecular weight excluding hydrogens is 283 g/mol. The number of halogens is 2. The van der Waals surface area contributed by atoms with Gasteiger partial charge < -0.3 is 9.47 Å². The molecule has 0 amide bonds. The molecule has 1 rings (SSSR count). The highest BCUT2D eigenvalue weighted by atomic mass is 79.9. The van der Waals surface area contributed by atoms with E-state index in [4.69, 9.17) is 0 Å². The molecule has 6 heteroatoms. The van der Waals surface area contributed by atoms with Crippen LogP contribution in [0, 0.1) is 5.82 Å². The molecule has 0 spiro atoms. The minimum atomic E-state index is -0.926. The summed E-state index contributed by atoms with van der Waals surface area (Å²) in [5, 5.41) is 0. The van der Waals surface area contributed by atoms with Crippen LogP contribution in [0.15, 0.2) is 16.6 Å². The quantitative estimate of drug-likeness (QED) is 0.784. The zero-order chi connectivity index (χ0) is 12.3. The van der Waals surface area contributed by atoms with Gasteiger partial charge in [-0.3, -0.25) is 0 Å². The first-order valence-electron chi connectivity index (χ1n) is 4.17. The second-order valence-corrected chi connectivity index (χ2v) is 3.71. The number of ether oxygens (including phenoxy) is 2. The van der Waals surface area contributed by atoms with Crippen LogP contribution in [0.4, 0.5) is 4.39 Å². The van der Waals surface area contributed by atoms with Crippen LogP contribution in [-0.4, -0.2) is 26.2 Å². The van der Waals surface area contributed by atoms with Gasteiger partial charge in [0.25, 0.3) is 0 Å². The van der Waals surface area contributed by atoms with Crippen LogP contribution in [0.3, 0.4) is 0 Å². The van der Waals surface area contributed by atoms with Gasteiger partial charge in [-0.05, 0) is 12.1 Å². The number of hydrogen-bond donors (Lipinski definition) is 0. The van der Waals surface area contributed by atoms with Crippen molar-refractivity contribution in [3.63, 3.8) is 0 Å². The van der Waals surface area contributed by atoms with E-state index in [1.807, 2.05) is 0 Å². The van der Waals surface area contributed by atoms with E-state index in [9.17, 15) is 14.0 Å². The predicted octanol–water partition coefficient (Wildman–Crippen LogP) is 2.16. The Morgan fingerprint density at radius 2 is 1.75 bits per heavy atom. The van der Waals surface area contributed by atoms with Crippen molar-refractivity contribution < 1.29 is 23.5 Å². The number of esters is 2. The Kier molecular flexibility index (Phi) is 4.00. The van der Waals surface area contributed by atoms with E-state index < -0.39 is 23.3 Å². The minimum absolute atomic E-state index is 0.179. The third-order valence-corrected chi connectivity index (χ3v) is 2.31. The van der Waals surface area contributed by atoms with Crippen molar-refractivity contribution in [2.24, 2.45) is 0 Å². The smallest absolute Gasteiger partial charge is 0.341 e. The maximum atomic E-state index is 13.5. The van der Waals surface area contributed by atoms with Crippen LogP contribution in [0.1, 0.15) is 20.7 Å². The average Bonchev–Trinajstić information content (AvgIpc) is 2.26. The van der Waals surface area contributed by atoms with Gasteiger partial charge >= 0.3 is 11.9 Å². The summed E-state index contributed by atoms with van der Waals surface area (Å²) < 4.78 is 22.7. The van der Waals surface area contributed by atoms with Crippen molar-refractivity contribution in [2.45, 2.75) is 0 Å². The largest absolute Gasteiger partial charge is 0.465 e. The zero-order valence-electron chi connectivity index (χ0n) is 8.54. The second-order valence-electron chi connectivity index (χ2n) is 2.79. The Hall–Kier alpha value is -1.43. The van der Waals surface area contributed by atoms with Crippen LogP contribution < -0.4 is 0 Å². The Balaban J connectivity index is 3.44. The van der Waals surface area contributed by atoms with Crippen LogP contribution in [0.2, 0.25) is 0 Å². The van der Waals surface area contributed by atoms with Crippen molar-refractivity contribution in [3.8, 4) is 0 Å². The van der Waals surface area contributed by atoms with Crippen molar-refractivity contribution in [1.82, 2.24) is 0 Å². The Morgan fingerprint density at radius 3 is 2.25 bits per heavy atom. The summed E-state index contributed by atoms with van der Waals surface area (Å²) in [6.45, 7) is 0. The van der Waals surface area contributed by atoms with Gasteiger partial charge in [0, 0.05) is 4.47 Å². The molecule has 0 aliphatic heterocycles. The molecule has 0 saturated carbocycles. The molecule has 4 nitrogen and oxygen atoms in total. The summed E-state index contributed by atoms with van der Waals surface area (Å²) in [6, 6.07) is 2.36. The number of carbonyl (C=O) groups excluding carboxylic acids is 2. The molecule has 16 heavy (non-hydrogen) atoms. The summed E-state index contributed by atoms with van der Waals surface area (Å²) in [4.78, 5) is 22.6. The highest BCUT2D eigenvalue weighted by Crippen LogP contribution is 2.22. The average molecular weight is 291 g/mol. The van der Waals surface area contributed by atoms with Crippen molar-refractivity contribution in [1.29, 1.82) is 0 Å². The maximum Gasteiger partial charge on any atom is 0.341 e. The fourth-order valence-corrected chi connectivity index (χ4v) is 1.58. The molecule has 0 fully saturated rings. The van der Waals surface area contributed by atoms with E-state index in [-0.39, 0.29) is 5.56 Å². The van der Waals surface area contributed by atoms with Crippen LogP contribution in [0.25, 0.3) is 0 Å².